The first kappa shape index (κ1) is 29.0. The molecule has 212 valence electrons. The Morgan fingerprint density at radius 1 is 1.12 bits per heavy atom. The van der Waals surface area contributed by atoms with E-state index in [0.717, 1.165) is 42.8 Å². The van der Waals surface area contributed by atoms with Crippen LogP contribution in [-0.2, 0) is 10.9 Å². The number of alkyl halides is 3. The van der Waals surface area contributed by atoms with E-state index in [4.69, 9.17) is 14.5 Å². The zero-order chi connectivity index (χ0) is 28.7. The van der Waals surface area contributed by atoms with Gasteiger partial charge in [-0.3, -0.25) is 9.79 Å². The number of hydrogen-bond acceptors (Lipinski definition) is 7. The normalized spacial score (nSPS) is 14.3. The number of hydrogen-bond donors (Lipinski definition) is 1. The Labute approximate surface area is 231 Å². The van der Waals surface area contributed by atoms with Gasteiger partial charge in [0, 0.05) is 32.9 Å². The van der Waals surface area contributed by atoms with Crippen LogP contribution in [0.4, 0.5) is 24.7 Å². The number of ether oxygens (including phenoxy) is 2. The number of anilines is 1. The minimum atomic E-state index is -4.44. The topological polar surface area (TPSA) is 88.9 Å². The number of aryl methyl sites for hydroxylation is 1. The third-order valence-electron chi connectivity index (χ3n) is 6.32. The van der Waals surface area contributed by atoms with E-state index in [9.17, 15) is 18.0 Å². The third kappa shape index (κ3) is 7.15. The number of nitrogens with one attached hydrogen (secondary N) is 1. The quantitative estimate of drug-likeness (QED) is 0.328. The smallest absolute Gasteiger partial charge is 0.416 e. The molecule has 3 aromatic rings. The lowest BCUT2D eigenvalue weighted by Crippen LogP contribution is -2.34. The number of halogens is 3. The summed E-state index contributed by atoms with van der Waals surface area (Å²) in [6, 6.07) is 9.32. The molecule has 0 atom stereocenters. The van der Waals surface area contributed by atoms with Crippen LogP contribution >= 0.6 is 0 Å². The van der Waals surface area contributed by atoms with Crippen molar-refractivity contribution < 1.29 is 27.4 Å². The highest BCUT2D eigenvalue weighted by molar-refractivity contribution is 6.08. The number of fused-ring (bicyclic) bond motifs is 1. The molecule has 1 aliphatic rings. The Hall–Kier alpha value is -3.99. The minimum Gasteiger partial charge on any atom is -0.457 e. The lowest BCUT2D eigenvalue weighted by atomic mass is 10.1. The number of carbonyl (C=O) groups excluding carboxylic acids is 1. The summed E-state index contributed by atoms with van der Waals surface area (Å²) < 4.78 is 50.0. The maximum atomic E-state index is 13.8. The molecule has 0 fully saturated rings. The second kappa shape index (κ2) is 12.9. The average Bonchev–Trinajstić information content (AvgIpc) is 3.12. The molecule has 2 heterocycles. The van der Waals surface area contributed by atoms with Gasteiger partial charge in [0.15, 0.2) is 0 Å². The van der Waals surface area contributed by atoms with Gasteiger partial charge in [0.1, 0.15) is 23.1 Å². The number of amides is 1. The van der Waals surface area contributed by atoms with Gasteiger partial charge in [-0.05, 0) is 68.7 Å². The minimum absolute atomic E-state index is 0.214. The highest BCUT2D eigenvalue weighted by Crippen LogP contribution is 2.34. The lowest BCUT2D eigenvalue weighted by molar-refractivity contribution is -0.137. The fourth-order valence-corrected chi connectivity index (χ4v) is 4.33. The van der Waals surface area contributed by atoms with Gasteiger partial charge in [0.2, 0.25) is 0 Å². The van der Waals surface area contributed by atoms with Crippen molar-refractivity contribution in [1.29, 1.82) is 0 Å². The second-order valence-corrected chi connectivity index (χ2v) is 9.36. The molecule has 1 aliphatic heterocycles. The van der Waals surface area contributed by atoms with E-state index in [0.29, 0.717) is 54.8 Å². The first-order valence-electron chi connectivity index (χ1n) is 13.1. The van der Waals surface area contributed by atoms with Crippen molar-refractivity contribution in [1.82, 2.24) is 14.9 Å². The van der Waals surface area contributed by atoms with Crippen LogP contribution in [-0.4, -0.2) is 59.8 Å². The molecule has 0 saturated carbocycles. The van der Waals surface area contributed by atoms with Gasteiger partial charge in [-0.15, -0.1) is 0 Å². The summed E-state index contributed by atoms with van der Waals surface area (Å²) in [5, 5.41) is 3.32. The van der Waals surface area contributed by atoms with Crippen LogP contribution in [0.15, 0.2) is 53.7 Å². The number of aliphatic imine (C=N–C) groups is 1. The monoisotopic (exact) mass is 555 g/mol. The van der Waals surface area contributed by atoms with Crippen molar-refractivity contribution in [2.24, 2.45) is 4.99 Å². The molecular weight excluding hydrogens is 523 g/mol. The van der Waals surface area contributed by atoms with Crippen LogP contribution in [0, 0.1) is 6.92 Å². The van der Waals surface area contributed by atoms with E-state index in [2.05, 4.69) is 15.3 Å². The number of aromatic nitrogens is 2. The van der Waals surface area contributed by atoms with Gasteiger partial charge in [-0.25, -0.2) is 9.97 Å². The standard InChI is InChI=1S/C29H32F3N5O3/c1-4-14-37(15-16-39-3)28(38)23-17-22(40-21-9-7-20(8-10-21)29(30,31)32)11-12-26(23)36-25-6-5-13-33-27-24(25)18-34-19(2)35-27/h7-12,17-18H,4-6,13-16H2,1-3H3,(H,33,34,35). The third-order valence-corrected chi connectivity index (χ3v) is 6.32. The van der Waals surface area contributed by atoms with Crippen LogP contribution in [0.1, 0.15) is 53.5 Å². The highest BCUT2D eigenvalue weighted by Gasteiger charge is 2.30. The Balaban J connectivity index is 1.74. The summed E-state index contributed by atoms with van der Waals surface area (Å²) in [4.78, 5) is 29.3. The van der Waals surface area contributed by atoms with Gasteiger partial charge in [-0.2, -0.15) is 13.2 Å². The molecule has 0 aliphatic carbocycles. The van der Waals surface area contributed by atoms with Gasteiger partial charge < -0.3 is 19.7 Å². The van der Waals surface area contributed by atoms with Gasteiger partial charge in [-0.1, -0.05) is 6.92 Å². The van der Waals surface area contributed by atoms with Crippen molar-refractivity contribution in [2.75, 3.05) is 38.7 Å². The van der Waals surface area contributed by atoms with Crippen molar-refractivity contribution >= 4 is 23.1 Å². The molecule has 0 spiro atoms. The molecule has 2 aromatic carbocycles. The Bertz CT molecular complexity index is 1360. The van der Waals surface area contributed by atoms with Gasteiger partial charge in [0.25, 0.3) is 5.91 Å². The molecule has 40 heavy (non-hydrogen) atoms. The molecule has 4 rings (SSSR count). The summed E-state index contributed by atoms with van der Waals surface area (Å²) in [5.74, 6) is 1.61. The fourth-order valence-electron chi connectivity index (χ4n) is 4.33. The Morgan fingerprint density at radius 3 is 2.58 bits per heavy atom. The van der Waals surface area contributed by atoms with Crippen LogP contribution in [0.5, 0.6) is 11.5 Å². The van der Waals surface area contributed by atoms with E-state index in [1.165, 1.54) is 12.1 Å². The van der Waals surface area contributed by atoms with Crippen molar-refractivity contribution in [3.05, 3.63) is 71.2 Å². The predicted molar refractivity (Wildman–Crippen MR) is 147 cm³/mol. The summed E-state index contributed by atoms with van der Waals surface area (Å²) in [6.45, 7) is 5.81. The largest absolute Gasteiger partial charge is 0.457 e. The van der Waals surface area contributed by atoms with Crippen molar-refractivity contribution in [3.8, 4) is 11.5 Å². The summed E-state index contributed by atoms with van der Waals surface area (Å²) in [7, 11) is 1.58. The molecule has 11 heteroatoms. The van der Waals surface area contributed by atoms with Crippen LogP contribution in [0.25, 0.3) is 0 Å². The molecule has 1 N–H and O–H groups in total. The van der Waals surface area contributed by atoms with E-state index < -0.39 is 11.7 Å². The lowest BCUT2D eigenvalue weighted by Gasteiger charge is -2.23. The van der Waals surface area contributed by atoms with E-state index in [1.54, 1.807) is 36.4 Å². The number of methoxy groups -OCH3 is 1. The maximum absolute atomic E-state index is 13.8. The van der Waals surface area contributed by atoms with Crippen LogP contribution < -0.4 is 10.1 Å². The number of benzene rings is 2. The van der Waals surface area contributed by atoms with Gasteiger partial charge in [0.05, 0.1) is 34.7 Å². The summed E-state index contributed by atoms with van der Waals surface area (Å²) in [6.07, 6.45) is -0.481. The molecule has 0 saturated heterocycles. The van der Waals surface area contributed by atoms with Crippen LogP contribution in [0.3, 0.4) is 0 Å². The zero-order valence-electron chi connectivity index (χ0n) is 22.7. The summed E-state index contributed by atoms with van der Waals surface area (Å²) in [5.41, 5.74) is 1.52. The molecule has 0 radical (unpaired) electrons. The molecular formula is C29H32F3N5O3. The molecule has 1 aromatic heterocycles. The number of rotatable bonds is 9. The highest BCUT2D eigenvalue weighted by atomic mass is 19.4. The van der Waals surface area contributed by atoms with Gasteiger partial charge >= 0.3 is 6.18 Å². The van der Waals surface area contributed by atoms with Crippen molar-refractivity contribution in [2.45, 2.75) is 39.3 Å². The molecule has 8 nitrogen and oxygen atoms in total. The number of nitrogens with zero attached hydrogens (tertiary/aromatic N) is 4. The van der Waals surface area contributed by atoms with Crippen molar-refractivity contribution in [3.63, 3.8) is 0 Å². The average molecular weight is 556 g/mol. The maximum Gasteiger partial charge on any atom is 0.416 e. The van der Waals surface area contributed by atoms with E-state index in [1.807, 2.05) is 13.8 Å². The Morgan fingerprint density at radius 2 is 1.88 bits per heavy atom. The summed E-state index contributed by atoms with van der Waals surface area (Å²) >= 11 is 0. The Kier molecular flexibility index (Phi) is 9.36. The fraction of sp³-hybridized carbons (Fsp3) is 0.379. The molecule has 0 unspecified atom stereocenters. The van der Waals surface area contributed by atoms with E-state index >= 15 is 0 Å². The zero-order valence-corrected chi connectivity index (χ0v) is 22.7. The first-order chi connectivity index (χ1) is 19.2. The van der Waals surface area contributed by atoms with Crippen LogP contribution in [0.2, 0.25) is 0 Å². The van der Waals surface area contributed by atoms with E-state index in [-0.39, 0.29) is 11.7 Å². The molecule has 1 amide bonds. The SMILES string of the molecule is CCCN(CCOC)C(=O)c1cc(Oc2ccc(C(F)(F)F)cc2)ccc1N=C1CCCNc2nc(C)ncc21. The predicted octanol–water partition coefficient (Wildman–Crippen LogP) is 6.42. The first-order valence-corrected chi connectivity index (χ1v) is 13.1. The molecule has 0 bridgehead atoms. The number of carbonyl (C=O) groups is 1. The second-order valence-electron chi connectivity index (χ2n) is 9.36.